The Bertz CT molecular complexity index is 3200. The zero-order valence-electron chi connectivity index (χ0n) is 40.9. The molecule has 3 aliphatic heterocycles. The van der Waals surface area contributed by atoms with Crippen LogP contribution in [0.3, 0.4) is 0 Å². The minimum absolute atomic E-state index is 0.0186. The van der Waals surface area contributed by atoms with E-state index in [1.54, 1.807) is 0 Å². The van der Waals surface area contributed by atoms with Gasteiger partial charge in [-0.15, -0.1) is 0 Å². The molecule has 0 spiro atoms. The van der Waals surface area contributed by atoms with E-state index >= 15 is 0 Å². The first-order valence-corrected chi connectivity index (χ1v) is 26.4. The van der Waals surface area contributed by atoms with Gasteiger partial charge < -0.3 is 19.6 Å². The van der Waals surface area contributed by atoms with E-state index in [4.69, 9.17) is 14.8 Å². The van der Waals surface area contributed by atoms with Crippen molar-refractivity contribution in [3.8, 4) is 16.9 Å². The van der Waals surface area contributed by atoms with Crippen molar-refractivity contribution in [2.75, 3.05) is 36.4 Å². The molecule has 3 aromatic heterocycles. The number of rotatable bonds is 14. The van der Waals surface area contributed by atoms with Gasteiger partial charge >= 0.3 is 5.97 Å². The maximum Gasteiger partial charge on any atom is 0.355 e. The first kappa shape index (κ1) is 47.4. The monoisotopic (exact) mass is 984 g/mol. The summed E-state index contributed by atoms with van der Waals surface area (Å²) in [6.45, 7) is 6.24. The van der Waals surface area contributed by atoms with Crippen LogP contribution < -0.4 is 20.3 Å². The summed E-state index contributed by atoms with van der Waals surface area (Å²) in [6, 6.07) is 29.6. The summed E-state index contributed by atoms with van der Waals surface area (Å²) in [5.74, 6) is 0.238. The second-order valence-corrected chi connectivity index (χ2v) is 21.2. The summed E-state index contributed by atoms with van der Waals surface area (Å²) >= 11 is 1.44. The number of aromatic nitrogens is 4. The van der Waals surface area contributed by atoms with E-state index in [-0.39, 0.29) is 29.5 Å². The Labute approximate surface area is 422 Å². The van der Waals surface area contributed by atoms with Crippen molar-refractivity contribution in [3.05, 3.63) is 130 Å². The van der Waals surface area contributed by atoms with Gasteiger partial charge in [0.05, 0.1) is 33.4 Å². The number of fused-ring (bicyclic) bond motifs is 3. The van der Waals surface area contributed by atoms with Crippen LogP contribution in [0.15, 0.2) is 91.0 Å². The molecule has 0 radical (unpaired) electrons. The van der Waals surface area contributed by atoms with Crippen molar-refractivity contribution < 1.29 is 29.0 Å². The number of hydrogen-bond acceptors (Lipinski definition) is 11. The number of para-hydroxylation sites is 2. The first-order chi connectivity index (χ1) is 35.0. The number of pyridine rings is 1. The number of imide groups is 1. The minimum atomic E-state index is -1.10. The molecule has 72 heavy (non-hydrogen) atoms. The molecule has 11 rings (SSSR count). The largest absolute Gasteiger partial charge is 0.490 e. The van der Waals surface area contributed by atoms with Crippen LogP contribution in [0.25, 0.3) is 32.2 Å². The fraction of sp³-hybridized carbons (Fsp3) is 0.386. The molecular weight excluding hydrogens is 925 g/mol. The van der Waals surface area contributed by atoms with Gasteiger partial charge in [-0.3, -0.25) is 29.7 Å². The van der Waals surface area contributed by atoms with Gasteiger partial charge in [0.15, 0.2) is 10.8 Å². The van der Waals surface area contributed by atoms with Crippen LogP contribution in [0.4, 0.5) is 10.9 Å². The van der Waals surface area contributed by atoms with E-state index in [0.29, 0.717) is 66.3 Å². The van der Waals surface area contributed by atoms with Gasteiger partial charge in [-0.25, -0.2) is 14.8 Å². The quantitative estimate of drug-likeness (QED) is 0.0700. The van der Waals surface area contributed by atoms with E-state index in [1.807, 2.05) is 91.4 Å². The van der Waals surface area contributed by atoms with Crippen molar-refractivity contribution in [2.45, 2.75) is 102 Å². The van der Waals surface area contributed by atoms with Crippen LogP contribution >= 0.6 is 11.3 Å². The highest BCUT2D eigenvalue weighted by molar-refractivity contribution is 7.22. The van der Waals surface area contributed by atoms with Crippen molar-refractivity contribution in [2.24, 2.45) is 13.0 Å². The molecule has 4 aromatic carbocycles. The van der Waals surface area contributed by atoms with Gasteiger partial charge in [0.2, 0.25) is 11.8 Å². The van der Waals surface area contributed by atoms with Gasteiger partial charge in [0.25, 0.3) is 5.91 Å². The molecule has 14 nitrogen and oxygen atoms in total. The average molecular weight is 985 g/mol. The van der Waals surface area contributed by atoms with Crippen LogP contribution in [-0.4, -0.2) is 85.7 Å². The zero-order chi connectivity index (χ0) is 49.5. The second kappa shape index (κ2) is 20.3. The van der Waals surface area contributed by atoms with Crippen LogP contribution in [0.2, 0.25) is 0 Å². The Morgan fingerprint density at radius 1 is 0.861 bits per heavy atom. The Hall–Kier alpha value is -6.97. The molecule has 0 bridgehead atoms. The molecule has 3 amide bonds. The van der Waals surface area contributed by atoms with Crippen LogP contribution in [0, 0.1) is 12.8 Å². The summed E-state index contributed by atoms with van der Waals surface area (Å²) in [5, 5.41) is 22.4. The lowest BCUT2D eigenvalue weighted by molar-refractivity contribution is -0.134. The average Bonchev–Trinajstić information content (AvgIpc) is 4.13. The Kier molecular flexibility index (Phi) is 13.3. The molecule has 6 heterocycles. The van der Waals surface area contributed by atoms with Crippen molar-refractivity contribution in [1.29, 1.82) is 0 Å². The third-order valence-corrected chi connectivity index (χ3v) is 16.6. The number of amides is 3. The number of likely N-dealkylation sites (tertiary alicyclic amines) is 1. The van der Waals surface area contributed by atoms with Crippen LogP contribution in [0.1, 0.15) is 125 Å². The number of carbonyl (C=O) groups is 4. The molecule has 7 aromatic rings. The highest BCUT2D eigenvalue weighted by Crippen LogP contribution is 2.39. The van der Waals surface area contributed by atoms with Crippen molar-refractivity contribution in [3.63, 3.8) is 0 Å². The molecule has 2 unspecified atom stereocenters. The number of piperidine rings is 1. The normalized spacial score (nSPS) is 20.4. The summed E-state index contributed by atoms with van der Waals surface area (Å²) in [6.07, 6.45) is 10.6. The number of anilines is 2. The number of aryl methyl sites for hydroxylation is 1. The van der Waals surface area contributed by atoms with Gasteiger partial charge in [0, 0.05) is 49.6 Å². The SMILES string of the molecule is Cc1c(OC2CCC(CCCCN3CCC(c4cccc5c(C6CCC(=O)NC6=O)nn(C)c45)C3)CC2)cccc1-c1ccc(N2CCc3cccc(C(=O)Nc4nc5ccccc5s4)c3C2)nc1C(=O)O. The number of ether oxygens (including phenoxy) is 1. The Balaban J connectivity index is 0.670. The third-order valence-electron chi connectivity index (χ3n) is 15.6. The molecule has 2 atom stereocenters. The maximum atomic E-state index is 13.7. The minimum Gasteiger partial charge on any atom is -0.490 e. The van der Waals surface area contributed by atoms with E-state index < -0.39 is 11.9 Å². The molecule has 4 aliphatic rings. The number of aromatic carboxylic acids is 1. The van der Waals surface area contributed by atoms with E-state index in [2.05, 4.69) is 43.6 Å². The lowest BCUT2D eigenvalue weighted by Gasteiger charge is -2.31. The fourth-order valence-electron chi connectivity index (χ4n) is 11.8. The highest BCUT2D eigenvalue weighted by atomic mass is 32.1. The molecule has 15 heteroatoms. The number of nitrogens with zero attached hydrogens (tertiary/aromatic N) is 6. The fourth-order valence-corrected chi connectivity index (χ4v) is 12.7. The van der Waals surface area contributed by atoms with Crippen molar-refractivity contribution in [1.82, 2.24) is 30.0 Å². The number of thiazole rings is 1. The van der Waals surface area contributed by atoms with E-state index in [0.717, 1.165) is 107 Å². The summed E-state index contributed by atoms with van der Waals surface area (Å²) in [5.41, 5.74) is 8.77. The lowest BCUT2D eigenvalue weighted by atomic mass is 9.84. The number of carbonyl (C=O) groups excluding carboxylic acids is 3. The first-order valence-electron chi connectivity index (χ1n) is 25.6. The highest BCUT2D eigenvalue weighted by Gasteiger charge is 2.34. The standard InChI is InChI=1S/C57H60N8O6S/c1-34-39(41-23-25-49(59-52(41)56(69)70)65-31-28-36-11-7-14-42(45(36)33-65)54(67)61-57-58-46-16-3-4-18-48(46)72-57)12-9-17-47(34)71-38-21-19-35(20-22-38)10-5-6-29-64-30-27-37(32-64)40-13-8-15-43-51(62-63(2)53(40)43)44-24-26-50(66)60-55(44)68/h3-4,7-9,11-18,23,25,35,37-38,44H,5-6,10,19-22,24,26-33H2,1-2H3,(H,69,70)(H,58,61,67)(H,60,66,68). The van der Waals surface area contributed by atoms with Crippen LogP contribution in [0.5, 0.6) is 5.75 Å². The molecular formula is C57H60N8O6S. The molecule has 370 valence electrons. The smallest absolute Gasteiger partial charge is 0.355 e. The summed E-state index contributed by atoms with van der Waals surface area (Å²) < 4.78 is 9.63. The summed E-state index contributed by atoms with van der Waals surface area (Å²) in [7, 11) is 1.96. The number of benzene rings is 4. The molecule has 2 saturated heterocycles. The topological polar surface area (TPSA) is 172 Å². The predicted octanol–water partition coefficient (Wildman–Crippen LogP) is 10.2. The number of carboxylic acid groups (broad SMARTS) is 1. The molecule has 3 fully saturated rings. The summed E-state index contributed by atoms with van der Waals surface area (Å²) in [4.78, 5) is 65.1. The third kappa shape index (κ3) is 9.59. The Morgan fingerprint density at radius 2 is 1.69 bits per heavy atom. The maximum absolute atomic E-state index is 13.7. The lowest BCUT2D eigenvalue weighted by Crippen LogP contribution is -2.39. The number of unbranched alkanes of at least 4 members (excludes halogenated alkanes) is 1. The Morgan fingerprint density at radius 3 is 2.53 bits per heavy atom. The van der Waals surface area contributed by atoms with Crippen LogP contribution in [-0.2, 0) is 29.6 Å². The van der Waals surface area contributed by atoms with E-state index in [1.165, 1.54) is 36.2 Å². The van der Waals surface area contributed by atoms with Crippen molar-refractivity contribution >= 4 is 67.1 Å². The van der Waals surface area contributed by atoms with Gasteiger partial charge in [-0.1, -0.05) is 78.8 Å². The number of nitrogens with one attached hydrogen (secondary N) is 2. The molecule has 1 saturated carbocycles. The van der Waals surface area contributed by atoms with E-state index in [9.17, 15) is 24.3 Å². The second-order valence-electron chi connectivity index (χ2n) is 20.2. The van der Waals surface area contributed by atoms with Gasteiger partial charge in [0.1, 0.15) is 11.6 Å². The zero-order valence-corrected chi connectivity index (χ0v) is 41.7. The number of hydrogen-bond donors (Lipinski definition) is 3. The van der Waals surface area contributed by atoms with Gasteiger partial charge in [-0.2, -0.15) is 5.10 Å². The molecule has 1 aliphatic carbocycles. The van der Waals surface area contributed by atoms with Gasteiger partial charge in [-0.05, 0) is 147 Å². The molecule has 3 N–H and O–H groups in total. The number of carboxylic acids is 1. The predicted molar refractivity (Wildman–Crippen MR) is 280 cm³/mol.